The fourth-order valence-electron chi connectivity index (χ4n) is 1.85. The van der Waals surface area contributed by atoms with Gasteiger partial charge in [-0.05, 0) is 20.0 Å². The number of aromatic nitrogens is 4. The Labute approximate surface area is 131 Å². The first-order valence-electron chi connectivity index (χ1n) is 6.86. The van der Waals surface area contributed by atoms with Crippen molar-refractivity contribution in [3.63, 3.8) is 0 Å². The molecule has 0 bridgehead atoms. The van der Waals surface area contributed by atoms with Gasteiger partial charge in [0.05, 0.1) is 5.69 Å². The predicted octanol–water partition coefficient (Wildman–Crippen LogP) is 2.34. The summed E-state index contributed by atoms with van der Waals surface area (Å²) in [5.74, 6) is 1.23. The van der Waals surface area contributed by atoms with Crippen molar-refractivity contribution in [2.45, 2.75) is 45.6 Å². The van der Waals surface area contributed by atoms with Crippen LogP contribution in [0.1, 0.15) is 39.2 Å². The molecule has 1 atom stereocenters. The Hall–Kier alpha value is -1.40. The molecular weight excluding hydrogens is 290 g/mol. The van der Waals surface area contributed by atoms with Crippen LogP contribution >= 0.6 is 12.4 Å². The average molecular weight is 314 g/mol. The highest BCUT2D eigenvalue weighted by atomic mass is 35.5. The van der Waals surface area contributed by atoms with Crippen molar-refractivity contribution in [2.75, 3.05) is 7.05 Å². The van der Waals surface area contributed by atoms with Crippen molar-refractivity contribution >= 4 is 12.4 Å². The normalized spacial score (nSPS) is 13.0. The number of nitrogens with zero attached hydrogens (tertiary/aromatic N) is 4. The molecule has 0 amide bonds. The molecule has 0 radical (unpaired) electrons. The van der Waals surface area contributed by atoms with Crippen LogP contribution in [0.5, 0.6) is 0 Å². The van der Waals surface area contributed by atoms with Gasteiger partial charge in [-0.2, -0.15) is 10.1 Å². The second-order valence-electron chi connectivity index (χ2n) is 6.20. The fourth-order valence-corrected chi connectivity index (χ4v) is 1.85. The van der Waals surface area contributed by atoms with Crippen LogP contribution in [0.4, 0.5) is 0 Å². The third-order valence-electron chi connectivity index (χ3n) is 3.32. The van der Waals surface area contributed by atoms with E-state index in [1.165, 1.54) is 0 Å². The number of hydrogen-bond acceptors (Lipinski definition) is 5. The molecule has 0 spiro atoms. The van der Waals surface area contributed by atoms with Gasteiger partial charge in [-0.1, -0.05) is 25.9 Å². The Kier molecular flexibility index (Phi) is 5.53. The SMILES string of the molecule is CNC(C)Cc1noc(-c2cc(C(C)(C)C)nn2C)n1.Cl. The summed E-state index contributed by atoms with van der Waals surface area (Å²) in [6.07, 6.45) is 0.740. The van der Waals surface area contributed by atoms with Crippen molar-refractivity contribution in [3.05, 3.63) is 17.6 Å². The van der Waals surface area contributed by atoms with Gasteiger partial charge in [-0.25, -0.2) is 0 Å². The van der Waals surface area contributed by atoms with Gasteiger partial charge in [0, 0.05) is 24.9 Å². The molecule has 1 N–H and O–H groups in total. The molecule has 0 saturated carbocycles. The summed E-state index contributed by atoms with van der Waals surface area (Å²) in [5, 5.41) is 11.7. The minimum Gasteiger partial charge on any atom is -0.332 e. The van der Waals surface area contributed by atoms with E-state index < -0.39 is 0 Å². The monoisotopic (exact) mass is 313 g/mol. The molecule has 21 heavy (non-hydrogen) atoms. The summed E-state index contributed by atoms with van der Waals surface area (Å²) in [5.41, 5.74) is 1.86. The van der Waals surface area contributed by atoms with Gasteiger partial charge in [-0.15, -0.1) is 12.4 Å². The lowest BCUT2D eigenvalue weighted by atomic mass is 9.92. The second kappa shape index (κ2) is 6.58. The van der Waals surface area contributed by atoms with Crippen molar-refractivity contribution in [3.8, 4) is 11.6 Å². The molecule has 7 heteroatoms. The molecule has 0 aromatic carbocycles. The van der Waals surface area contributed by atoms with Crippen molar-refractivity contribution in [2.24, 2.45) is 7.05 Å². The maximum absolute atomic E-state index is 5.35. The number of aryl methyl sites for hydroxylation is 1. The summed E-state index contributed by atoms with van der Waals surface area (Å²) in [6, 6.07) is 2.33. The molecule has 2 aromatic rings. The van der Waals surface area contributed by atoms with E-state index >= 15 is 0 Å². The van der Waals surface area contributed by atoms with Crippen LogP contribution in [0.3, 0.4) is 0 Å². The maximum atomic E-state index is 5.35. The molecule has 0 aliphatic carbocycles. The largest absolute Gasteiger partial charge is 0.332 e. The number of hydrogen-bond donors (Lipinski definition) is 1. The number of likely N-dealkylation sites (N-methyl/N-ethyl adjacent to an activating group) is 1. The Bertz CT molecular complexity index is 584. The highest BCUT2D eigenvalue weighted by Crippen LogP contribution is 2.25. The van der Waals surface area contributed by atoms with Gasteiger partial charge in [0.2, 0.25) is 0 Å². The molecule has 118 valence electrons. The average Bonchev–Trinajstić information content (AvgIpc) is 2.94. The zero-order chi connectivity index (χ0) is 14.9. The lowest BCUT2D eigenvalue weighted by Crippen LogP contribution is -2.24. The Morgan fingerprint density at radius 3 is 2.57 bits per heavy atom. The van der Waals surface area contributed by atoms with E-state index in [9.17, 15) is 0 Å². The van der Waals surface area contributed by atoms with E-state index in [1.807, 2.05) is 20.2 Å². The summed E-state index contributed by atoms with van der Waals surface area (Å²) in [6.45, 7) is 8.48. The van der Waals surface area contributed by atoms with Crippen molar-refractivity contribution in [1.82, 2.24) is 25.2 Å². The van der Waals surface area contributed by atoms with E-state index in [4.69, 9.17) is 4.52 Å². The van der Waals surface area contributed by atoms with Gasteiger partial charge < -0.3 is 9.84 Å². The van der Waals surface area contributed by atoms with Gasteiger partial charge >= 0.3 is 0 Å². The summed E-state index contributed by atoms with van der Waals surface area (Å²) in [4.78, 5) is 4.45. The van der Waals surface area contributed by atoms with E-state index in [2.05, 4.69) is 48.3 Å². The fraction of sp³-hybridized carbons (Fsp3) is 0.643. The molecule has 0 aliphatic rings. The van der Waals surface area contributed by atoms with Crippen LogP contribution in [0.15, 0.2) is 10.6 Å². The summed E-state index contributed by atoms with van der Waals surface area (Å²) < 4.78 is 7.14. The molecule has 2 heterocycles. The molecule has 1 unspecified atom stereocenters. The van der Waals surface area contributed by atoms with Crippen molar-refractivity contribution < 1.29 is 4.52 Å². The quantitative estimate of drug-likeness (QED) is 0.938. The van der Waals surface area contributed by atoms with Crippen LogP contribution in [0, 0.1) is 0 Å². The van der Waals surface area contributed by atoms with E-state index in [1.54, 1.807) is 4.68 Å². The van der Waals surface area contributed by atoms with E-state index in [-0.39, 0.29) is 17.8 Å². The third kappa shape index (κ3) is 4.04. The number of rotatable bonds is 4. The summed E-state index contributed by atoms with van der Waals surface area (Å²) >= 11 is 0. The van der Waals surface area contributed by atoms with Crippen LogP contribution < -0.4 is 5.32 Å². The lowest BCUT2D eigenvalue weighted by molar-refractivity contribution is 0.415. The smallest absolute Gasteiger partial charge is 0.276 e. The van der Waals surface area contributed by atoms with Crippen LogP contribution in [0.25, 0.3) is 11.6 Å². The van der Waals surface area contributed by atoms with Crippen LogP contribution in [0.2, 0.25) is 0 Å². The Balaban J connectivity index is 0.00000220. The highest BCUT2D eigenvalue weighted by molar-refractivity contribution is 5.85. The first kappa shape index (κ1) is 17.7. The zero-order valence-corrected chi connectivity index (χ0v) is 14.3. The molecule has 2 aromatic heterocycles. The molecule has 0 aliphatic heterocycles. The number of halogens is 1. The Morgan fingerprint density at radius 2 is 2.05 bits per heavy atom. The number of nitrogens with one attached hydrogen (secondary N) is 1. The molecule has 0 fully saturated rings. The third-order valence-corrected chi connectivity index (χ3v) is 3.32. The molecule has 6 nitrogen and oxygen atoms in total. The Morgan fingerprint density at radius 1 is 1.38 bits per heavy atom. The minimum atomic E-state index is -0.000490. The predicted molar refractivity (Wildman–Crippen MR) is 84.7 cm³/mol. The van der Waals surface area contributed by atoms with E-state index in [0.717, 1.165) is 17.8 Å². The van der Waals surface area contributed by atoms with Crippen molar-refractivity contribution in [1.29, 1.82) is 0 Å². The van der Waals surface area contributed by atoms with Gasteiger partial charge in [0.15, 0.2) is 5.82 Å². The van der Waals surface area contributed by atoms with Crippen LogP contribution in [-0.2, 0) is 18.9 Å². The minimum absolute atomic E-state index is 0. The van der Waals surface area contributed by atoms with Crippen LogP contribution in [-0.4, -0.2) is 33.0 Å². The first-order chi connectivity index (χ1) is 9.31. The van der Waals surface area contributed by atoms with Gasteiger partial charge in [0.1, 0.15) is 5.69 Å². The highest BCUT2D eigenvalue weighted by Gasteiger charge is 2.22. The molecular formula is C14H24ClN5O. The van der Waals surface area contributed by atoms with Gasteiger partial charge in [0.25, 0.3) is 5.89 Å². The van der Waals surface area contributed by atoms with Gasteiger partial charge in [-0.3, -0.25) is 4.68 Å². The molecule has 0 saturated heterocycles. The second-order valence-corrected chi connectivity index (χ2v) is 6.20. The first-order valence-corrected chi connectivity index (χ1v) is 6.86. The van der Waals surface area contributed by atoms with E-state index in [0.29, 0.717) is 17.8 Å². The topological polar surface area (TPSA) is 68.8 Å². The standard InChI is InChI=1S/C14H23N5O.ClH/c1-9(15-5)7-12-16-13(20-18-12)10-8-11(14(2,3)4)17-19(10)6;/h8-9,15H,7H2,1-6H3;1H. The molecule has 2 rings (SSSR count). The maximum Gasteiger partial charge on any atom is 0.276 e. The zero-order valence-electron chi connectivity index (χ0n) is 13.5. The lowest BCUT2D eigenvalue weighted by Gasteiger charge is -2.13. The summed E-state index contributed by atoms with van der Waals surface area (Å²) in [7, 11) is 3.81.